The zero-order valence-corrected chi connectivity index (χ0v) is 16.7. The Bertz CT molecular complexity index is 803. The third kappa shape index (κ3) is 4.56. The van der Waals surface area contributed by atoms with E-state index in [2.05, 4.69) is 5.32 Å². The van der Waals surface area contributed by atoms with Gasteiger partial charge in [0, 0.05) is 24.8 Å². The van der Waals surface area contributed by atoms with Gasteiger partial charge in [0.25, 0.3) is 0 Å². The third-order valence-electron chi connectivity index (χ3n) is 4.25. The smallest absolute Gasteiger partial charge is 0.246 e. The van der Waals surface area contributed by atoms with E-state index in [9.17, 15) is 8.42 Å². The largest absolute Gasteiger partial charge is 0.492 e. The molecule has 6 heteroatoms. The van der Waals surface area contributed by atoms with Crippen molar-refractivity contribution in [3.05, 3.63) is 54.1 Å². The van der Waals surface area contributed by atoms with Crippen molar-refractivity contribution in [2.45, 2.75) is 38.6 Å². The van der Waals surface area contributed by atoms with Gasteiger partial charge < -0.3 is 10.1 Å². The molecule has 0 radical (unpaired) electrons. The van der Waals surface area contributed by atoms with E-state index in [0.29, 0.717) is 25.4 Å². The molecule has 2 rings (SSSR count). The highest BCUT2D eigenvalue weighted by atomic mass is 32.2. The number of benzene rings is 2. The highest BCUT2D eigenvalue weighted by Crippen LogP contribution is 2.31. The SMILES string of the molecule is CCOc1ccc(NC(C)c2ccccc2)cc1S(=O)(=O)N(CC)CC. The van der Waals surface area contributed by atoms with Gasteiger partial charge in [0.2, 0.25) is 10.0 Å². The molecule has 0 bridgehead atoms. The number of ether oxygens (including phenoxy) is 1. The topological polar surface area (TPSA) is 58.6 Å². The lowest BCUT2D eigenvalue weighted by Gasteiger charge is -2.22. The van der Waals surface area contributed by atoms with Gasteiger partial charge in [-0.1, -0.05) is 44.2 Å². The summed E-state index contributed by atoms with van der Waals surface area (Å²) in [5.74, 6) is 0.386. The molecule has 1 unspecified atom stereocenters. The van der Waals surface area contributed by atoms with Gasteiger partial charge in [-0.25, -0.2) is 8.42 Å². The van der Waals surface area contributed by atoms with Gasteiger partial charge in [0.05, 0.1) is 6.61 Å². The second-order valence-electron chi connectivity index (χ2n) is 5.96. The molecule has 0 aliphatic rings. The van der Waals surface area contributed by atoms with Crippen molar-refractivity contribution in [2.75, 3.05) is 25.0 Å². The number of hydrogen-bond donors (Lipinski definition) is 1. The zero-order valence-electron chi connectivity index (χ0n) is 15.9. The van der Waals surface area contributed by atoms with Crippen molar-refractivity contribution in [1.29, 1.82) is 0 Å². The molecule has 0 saturated carbocycles. The van der Waals surface area contributed by atoms with Crippen molar-refractivity contribution < 1.29 is 13.2 Å². The van der Waals surface area contributed by atoms with Crippen molar-refractivity contribution >= 4 is 15.7 Å². The molecule has 0 aromatic heterocycles. The van der Waals surface area contributed by atoms with E-state index < -0.39 is 10.0 Å². The van der Waals surface area contributed by atoms with Gasteiger partial charge in [-0.15, -0.1) is 0 Å². The molecular weight excluding hydrogens is 348 g/mol. The first-order valence-electron chi connectivity index (χ1n) is 9.02. The predicted molar refractivity (Wildman–Crippen MR) is 106 cm³/mol. The molecule has 26 heavy (non-hydrogen) atoms. The standard InChI is InChI=1S/C20H28N2O3S/c1-5-22(6-2)26(23,24)20-15-18(13-14-19(20)25-7-3)21-16(4)17-11-9-8-10-12-17/h8-16,21H,5-7H2,1-4H3. The minimum atomic E-state index is -3.61. The second-order valence-corrected chi connectivity index (χ2v) is 7.87. The molecule has 0 saturated heterocycles. The fourth-order valence-electron chi connectivity index (χ4n) is 2.85. The zero-order chi connectivity index (χ0) is 19.2. The molecule has 2 aromatic rings. The average Bonchev–Trinajstić information content (AvgIpc) is 2.64. The van der Waals surface area contributed by atoms with Crippen LogP contribution in [0.2, 0.25) is 0 Å². The quantitative estimate of drug-likeness (QED) is 0.709. The molecular formula is C20H28N2O3S. The summed E-state index contributed by atoms with van der Waals surface area (Å²) in [6, 6.07) is 15.3. The molecule has 5 nitrogen and oxygen atoms in total. The molecule has 1 N–H and O–H groups in total. The summed E-state index contributed by atoms with van der Waals surface area (Å²) >= 11 is 0. The molecule has 0 spiro atoms. The highest BCUT2D eigenvalue weighted by molar-refractivity contribution is 7.89. The van der Waals surface area contributed by atoms with Crippen molar-refractivity contribution in [1.82, 2.24) is 4.31 Å². The van der Waals surface area contributed by atoms with E-state index in [-0.39, 0.29) is 10.9 Å². The number of hydrogen-bond acceptors (Lipinski definition) is 4. The Hall–Kier alpha value is -2.05. The Labute approximate surface area is 157 Å². The van der Waals surface area contributed by atoms with Crippen molar-refractivity contribution in [3.8, 4) is 5.75 Å². The van der Waals surface area contributed by atoms with E-state index in [1.807, 2.05) is 64.1 Å². The lowest BCUT2D eigenvalue weighted by molar-refractivity contribution is 0.329. The minimum Gasteiger partial charge on any atom is -0.492 e. The van der Waals surface area contributed by atoms with Crippen LogP contribution < -0.4 is 10.1 Å². The van der Waals surface area contributed by atoms with Gasteiger partial charge in [-0.3, -0.25) is 0 Å². The first-order valence-corrected chi connectivity index (χ1v) is 10.5. The normalized spacial score (nSPS) is 12.8. The molecule has 0 aliphatic carbocycles. The van der Waals surface area contributed by atoms with Crippen LogP contribution in [0.1, 0.15) is 39.3 Å². The Morgan fingerprint density at radius 3 is 2.27 bits per heavy atom. The van der Waals surface area contributed by atoms with Crippen LogP contribution >= 0.6 is 0 Å². The van der Waals surface area contributed by atoms with Crippen molar-refractivity contribution in [2.24, 2.45) is 0 Å². The number of nitrogens with zero attached hydrogens (tertiary/aromatic N) is 1. The molecule has 1 atom stereocenters. The van der Waals surface area contributed by atoms with Crippen LogP contribution in [0, 0.1) is 0 Å². The molecule has 0 amide bonds. The van der Waals surface area contributed by atoms with E-state index in [1.165, 1.54) is 4.31 Å². The summed E-state index contributed by atoms with van der Waals surface area (Å²) in [5, 5.41) is 3.38. The predicted octanol–water partition coefficient (Wildman–Crippen LogP) is 4.29. The second kappa shape index (κ2) is 9.05. The molecule has 2 aromatic carbocycles. The van der Waals surface area contributed by atoms with E-state index in [0.717, 1.165) is 11.3 Å². The van der Waals surface area contributed by atoms with Crippen LogP contribution in [-0.2, 0) is 10.0 Å². The van der Waals surface area contributed by atoms with Crippen LogP contribution in [0.5, 0.6) is 5.75 Å². The van der Waals surface area contributed by atoms with Gasteiger partial charge in [0.15, 0.2) is 0 Å². The summed E-state index contributed by atoms with van der Waals surface area (Å²) in [4.78, 5) is 0.202. The maximum atomic E-state index is 13.0. The number of anilines is 1. The molecule has 0 fully saturated rings. The van der Waals surface area contributed by atoms with Crippen LogP contribution in [-0.4, -0.2) is 32.4 Å². The van der Waals surface area contributed by atoms with Gasteiger partial charge in [-0.2, -0.15) is 4.31 Å². The minimum absolute atomic E-state index is 0.0538. The van der Waals surface area contributed by atoms with E-state index >= 15 is 0 Å². The fraction of sp³-hybridized carbons (Fsp3) is 0.400. The van der Waals surface area contributed by atoms with Gasteiger partial charge >= 0.3 is 0 Å². The highest BCUT2D eigenvalue weighted by Gasteiger charge is 2.26. The average molecular weight is 377 g/mol. The van der Waals surface area contributed by atoms with E-state index in [1.54, 1.807) is 12.1 Å². The fourth-order valence-corrected chi connectivity index (χ4v) is 4.47. The lowest BCUT2D eigenvalue weighted by atomic mass is 10.1. The summed E-state index contributed by atoms with van der Waals surface area (Å²) < 4.78 is 33.0. The Balaban J connectivity index is 2.39. The number of nitrogens with one attached hydrogen (secondary N) is 1. The molecule has 0 aliphatic heterocycles. The maximum absolute atomic E-state index is 13.0. The Morgan fingerprint density at radius 1 is 1.04 bits per heavy atom. The van der Waals surface area contributed by atoms with Crippen LogP contribution in [0.3, 0.4) is 0 Å². The summed E-state index contributed by atoms with van der Waals surface area (Å²) in [5.41, 5.74) is 1.88. The maximum Gasteiger partial charge on any atom is 0.246 e. The van der Waals surface area contributed by atoms with Crippen molar-refractivity contribution in [3.63, 3.8) is 0 Å². The summed E-state index contributed by atoms with van der Waals surface area (Å²) in [6.07, 6.45) is 0. The Morgan fingerprint density at radius 2 is 1.69 bits per heavy atom. The van der Waals surface area contributed by atoms with Crippen LogP contribution in [0.25, 0.3) is 0 Å². The molecule has 142 valence electrons. The summed E-state index contributed by atoms with van der Waals surface area (Å²) in [6.45, 7) is 8.81. The number of rotatable bonds is 9. The Kier molecular flexibility index (Phi) is 7.06. The van der Waals surface area contributed by atoms with E-state index in [4.69, 9.17) is 4.74 Å². The van der Waals surface area contributed by atoms with Crippen LogP contribution in [0.4, 0.5) is 5.69 Å². The first kappa shape index (κ1) is 20.3. The molecule has 0 heterocycles. The lowest BCUT2D eigenvalue weighted by Crippen LogP contribution is -2.31. The first-order chi connectivity index (χ1) is 12.4. The third-order valence-corrected chi connectivity index (χ3v) is 6.32. The van der Waals surface area contributed by atoms with Gasteiger partial charge in [0.1, 0.15) is 10.6 Å². The van der Waals surface area contributed by atoms with Crippen LogP contribution in [0.15, 0.2) is 53.4 Å². The van der Waals surface area contributed by atoms with Gasteiger partial charge in [-0.05, 0) is 37.6 Å². The monoisotopic (exact) mass is 376 g/mol. The summed E-state index contributed by atoms with van der Waals surface area (Å²) in [7, 11) is -3.61. The number of sulfonamides is 1.